The zero-order chi connectivity index (χ0) is 27.2. The van der Waals surface area contributed by atoms with E-state index in [1.807, 2.05) is 11.9 Å². The van der Waals surface area contributed by atoms with Crippen LogP contribution in [0.3, 0.4) is 0 Å². The van der Waals surface area contributed by atoms with Gasteiger partial charge < -0.3 is 19.3 Å². The van der Waals surface area contributed by atoms with Crippen molar-refractivity contribution in [3.63, 3.8) is 0 Å². The summed E-state index contributed by atoms with van der Waals surface area (Å²) in [5.41, 5.74) is 1.28. The fourth-order valence-electron chi connectivity index (χ4n) is 5.61. The summed E-state index contributed by atoms with van der Waals surface area (Å²) in [5, 5.41) is 0. The maximum absolute atomic E-state index is 13.1. The van der Waals surface area contributed by atoms with Gasteiger partial charge in [0.15, 0.2) is 0 Å². The van der Waals surface area contributed by atoms with Crippen LogP contribution in [-0.4, -0.2) is 120 Å². The highest BCUT2D eigenvalue weighted by Gasteiger charge is 2.30. The van der Waals surface area contributed by atoms with E-state index in [-0.39, 0.29) is 36.6 Å². The standard InChI is InChI=1S/C27H46N4O5S/c1-21-18-25(35-6)19-22(2)27(21)37(33,34)29(4)16-17-36-20-26(32)30(5)23-8-10-24(11-9-23)31-13-7-12-28(3)14-15-31/h18-19,23-24H,7-17,20H2,1-6H3/t23-,24-. The molecule has 1 aliphatic carbocycles. The van der Waals surface area contributed by atoms with Gasteiger partial charge in [0.1, 0.15) is 12.4 Å². The van der Waals surface area contributed by atoms with Crippen LogP contribution >= 0.6 is 0 Å². The molecule has 37 heavy (non-hydrogen) atoms. The molecule has 9 nitrogen and oxygen atoms in total. The minimum Gasteiger partial charge on any atom is -0.497 e. The molecule has 0 bridgehead atoms. The van der Waals surface area contributed by atoms with Crippen molar-refractivity contribution in [3.8, 4) is 5.75 Å². The molecule has 2 fully saturated rings. The second-order valence-corrected chi connectivity index (χ2v) is 12.6. The molecular weight excluding hydrogens is 492 g/mol. The number of aryl methyl sites for hydroxylation is 2. The van der Waals surface area contributed by atoms with Gasteiger partial charge in [0.05, 0.1) is 18.6 Å². The molecule has 1 aromatic rings. The lowest BCUT2D eigenvalue weighted by Crippen LogP contribution is -2.46. The molecule has 10 heteroatoms. The first-order chi connectivity index (χ1) is 17.5. The molecule has 0 N–H and O–H groups in total. The van der Waals surface area contributed by atoms with Crippen molar-refractivity contribution in [1.82, 2.24) is 19.0 Å². The van der Waals surface area contributed by atoms with Gasteiger partial charge in [-0.25, -0.2) is 8.42 Å². The van der Waals surface area contributed by atoms with Crippen molar-refractivity contribution in [2.24, 2.45) is 0 Å². The van der Waals surface area contributed by atoms with Crippen molar-refractivity contribution in [2.75, 3.05) is 74.2 Å². The molecule has 0 unspecified atom stereocenters. The second kappa shape index (κ2) is 13.4. The average Bonchev–Trinajstić information content (AvgIpc) is 3.09. The third-order valence-electron chi connectivity index (χ3n) is 7.99. The van der Waals surface area contributed by atoms with Gasteiger partial charge in [-0.2, -0.15) is 4.31 Å². The van der Waals surface area contributed by atoms with E-state index in [9.17, 15) is 13.2 Å². The third-order valence-corrected chi connectivity index (χ3v) is 10.2. The van der Waals surface area contributed by atoms with E-state index in [0.717, 1.165) is 38.8 Å². The number of nitrogens with zero attached hydrogens (tertiary/aromatic N) is 4. The molecule has 1 aromatic carbocycles. The predicted octanol–water partition coefficient (Wildman–Crippen LogP) is 2.36. The minimum absolute atomic E-state index is 0.0383. The van der Waals surface area contributed by atoms with Crippen LogP contribution in [0.15, 0.2) is 17.0 Å². The van der Waals surface area contributed by atoms with Crippen LogP contribution in [0.2, 0.25) is 0 Å². The largest absolute Gasteiger partial charge is 0.497 e. The first-order valence-corrected chi connectivity index (χ1v) is 14.9. The summed E-state index contributed by atoms with van der Waals surface area (Å²) in [6, 6.07) is 4.31. The zero-order valence-electron chi connectivity index (χ0n) is 23.5. The van der Waals surface area contributed by atoms with Gasteiger partial charge in [0.2, 0.25) is 15.9 Å². The zero-order valence-corrected chi connectivity index (χ0v) is 24.3. The van der Waals surface area contributed by atoms with E-state index in [1.54, 1.807) is 33.1 Å². The summed E-state index contributed by atoms with van der Waals surface area (Å²) in [7, 11) is 3.48. The Morgan fingerprint density at radius 3 is 2.30 bits per heavy atom. The SMILES string of the molecule is COc1cc(C)c(S(=O)(=O)N(C)CCOCC(=O)N(C)[C@H]2CC[C@H](N3CCCN(C)CC3)CC2)c(C)c1. The summed E-state index contributed by atoms with van der Waals surface area (Å²) in [6.45, 7) is 8.42. The first kappa shape index (κ1) is 29.8. The maximum atomic E-state index is 13.1. The number of carbonyl (C=O) groups excluding carboxylic acids is 1. The molecule has 0 radical (unpaired) electrons. The first-order valence-electron chi connectivity index (χ1n) is 13.4. The van der Waals surface area contributed by atoms with Gasteiger partial charge in [0.25, 0.3) is 0 Å². The highest BCUT2D eigenvalue weighted by molar-refractivity contribution is 7.89. The number of likely N-dealkylation sites (N-methyl/N-ethyl adjacent to an activating group) is 3. The van der Waals surface area contributed by atoms with Crippen molar-refractivity contribution in [1.29, 1.82) is 0 Å². The molecule has 0 atom stereocenters. The number of methoxy groups -OCH3 is 1. The van der Waals surface area contributed by atoms with Crippen LogP contribution in [0.1, 0.15) is 43.2 Å². The smallest absolute Gasteiger partial charge is 0.248 e. The van der Waals surface area contributed by atoms with Crippen molar-refractivity contribution in [2.45, 2.75) is 62.9 Å². The van der Waals surface area contributed by atoms with E-state index in [4.69, 9.17) is 9.47 Å². The van der Waals surface area contributed by atoms with Crippen LogP contribution in [0.4, 0.5) is 0 Å². The lowest BCUT2D eigenvalue weighted by molar-refractivity contribution is -0.137. The lowest BCUT2D eigenvalue weighted by Gasteiger charge is -2.39. The summed E-state index contributed by atoms with van der Waals surface area (Å²) >= 11 is 0. The molecular formula is C27H46N4O5S. The van der Waals surface area contributed by atoms with E-state index >= 15 is 0 Å². The minimum atomic E-state index is -3.68. The number of hydrogen-bond acceptors (Lipinski definition) is 7. The second-order valence-electron chi connectivity index (χ2n) is 10.6. The highest BCUT2D eigenvalue weighted by Crippen LogP contribution is 2.28. The van der Waals surface area contributed by atoms with Crippen LogP contribution in [0, 0.1) is 13.8 Å². The average molecular weight is 539 g/mol. The molecule has 1 heterocycles. The van der Waals surface area contributed by atoms with Crippen molar-refractivity contribution < 1.29 is 22.7 Å². The fraction of sp³-hybridized carbons (Fsp3) is 0.741. The highest BCUT2D eigenvalue weighted by atomic mass is 32.2. The molecule has 1 amide bonds. The summed E-state index contributed by atoms with van der Waals surface area (Å²) in [5.74, 6) is 0.582. The van der Waals surface area contributed by atoms with Gasteiger partial charge in [-0.15, -0.1) is 0 Å². The molecule has 2 aliphatic rings. The van der Waals surface area contributed by atoms with Gasteiger partial charge >= 0.3 is 0 Å². The molecule has 1 aliphatic heterocycles. The fourth-order valence-corrected chi connectivity index (χ4v) is 7.17. The van der Waals surface area contributed by atoms with Crippen LogP contribution < -0.4 is 4.74 Å². The Labute approximate surface area is 223 Å². The third kappa shape index (κ3) is 7.66. The molecule has 1 saturated carbocycles. The van der Waals surface area contributed by atoms with Crippen LogP contribution in [-0.2, 0) is 19.6 Å². The van der Waals surface area contributed by atoms with Crippen LogP contribution in [0.25, 0.3) is 0 Å². The number of amides is 1. The van der Waals surface area contributed by atoms with Gasteiger partial charge in [-0.05, 0) is 89.3 Å². The summed E-state index contributed by atoms with van der Waals surface area (Å²) in [6.07, 6.45) is 5.50. The van der Waals surface area contributed by atoms with E-state index in [0.29, 0.717) is 22.9 Å². The Bertz CT molecular complexity index is 987. The van der Waals surface area contributed by atoms with Crippen molar-refractivity contribution >= 4 is 15.9 Å². The quantitative estimate of drug-likeness (QED) is 0.423. The predicted molar refractivity (Wildman–Crippen MR) is 146 cm³/mol. The lowest BCUT2D eigenvalue weighted by atomic mass is 9.89. The van der Waals surface area contributed by atoms with E-state index in [2.05, 4.69) is 16.8 Å². The topological polar surface area (TPSA) is 82.6 Å². The van der Waals surface area contributed by atoms with Gasteiger partial charge in [0, 0.05) is 45.8 Å². The Morgan fingerprint density at radius 2 is 1.68 bits per heavy atom. The van der Waals surface area contributed by atoms with Gasteiger partial charge in [-0.3, -0.25) is 9.69 Å². The monoisotopic (exact) mass is 538 g/mol. The summed E-state index contributed by atoms with van der Waals surface area (Å²) in [4.78, 5) is 19.9. The molecule has 0 aromatic heterocycles. The Morgan fingerprint density at radius 1 is 1.03 bits per heavy atom. The Kier molecular flexibility index (Phi) is 10.8. The number of rotatable bonds is 10. The maximum Gasteiger partial charge on any atom is 0.248 e. The molecule has 3 rings (SSSR count). The van der Waals surface area contributed by atoms with Crippen molar-refractivity contribution in [3.05, 3.63) is 23.3 Å². The van der Waals surface area contributed by atoms with E-state index < -0.39 is 10.0 Å². The summed E-state index contributed by atoms with van der Waals surface area (Å²) < 4.78 is 38.4. The Hall–Kier alpha value is -1.72. The number of sulfonamides is 1. The number of benzene rings is 1. The van der Waals surface area contributed by atoms with Gasteiger partial charge in [-0.1, -0.05) is 0 Å². The molecule has 210 valence electrons. The number of hydrogen-bond donors (Lipinski definition) is 0. The normalized spacial score (nSPS) is 22.1. The number of carbonyl (C=O) groups is 1. The van der Waals surface area contributed by atoms with E-state index in [1.165, 1.54) is 30.9 Å². The molecule has 1 saturated heterocycles. The number of ether oxygens (including phenoxy) is 2. The molecule has 0 spiro atoms. The van der Waals surface area contributed by atoms with Crippen LogP contribution in [0.5, 0.6) is 5.75 Å². The Balaban J connectivity index is 1.42.